The number of carbonyl (C=O) groups excluding carboxylic acids is 1. The highest BCUT2D eigenvalue weighted by molar-refractivity contribution is 5.81. The average Bonchev–Trinajstić information content (AvgIpc) is 3.04. The van der Waals surface area contributed by atoms with Gasteiger partial charge in [0.05, 0.1) is 6.61 Å². The zero-order valence-corrected chi connectivity index (χ0v) is 19.8. The first-order valence-electron chi connectivity index (χ1n) is 12.4. The van der Waals surface area contributed by atoms with Gasteiger partial charge in [0, 0.05) is 32.7 Å². The Labute approximate surface area is 193 Å². The van der Waals surface area contributed by atoms with E-state index in [0.29, 0.717) is 25.6 Å². The molecular weight excluding hydrogens is 396 g/mol. The quantitative estimate of drug-likeness (QED) is 0.585. The van der Waals surface area contributed by atoms with Crippen LogP contribution in [0.25, 0.3) is 0 Å². The molecule has 1 amide bonds. The lowest BCUT2D eigenvalue weighted by molar-refractivity contribution is -0.151. The van der Waals surface area contributed by atoms with E-state index in [4.69, 9.17) is 4.74 Å². The number of aryl methyl sites for hydroxylation is 2. The third-order valence-corrected chi connectivity index (χ3v) is 6.61. The van der Waals surface area contributed by atoms with E-state index in [1.165, 1.54) is 54.4 Å². The van der Waals surface area contributed by atoms with Crippen molar-refractivity contribution in [1.82, 2.24) is 9.80 Å². The zero-order valence-electron chi connectivity index (χ0n) is 19.8. The van der Waals surface area contributed by atoms with E-state index in [0.717, 1.165) is 19.6 Å². The van der Waals surface area contributed by atoms with Crippen molar-refractivity contribution < 1.29 is 9.53 Å². The van der Waals surface area contributed by atoms with E-state index >= 15 is 0 Å². The van der Waals surface area contributed by atoms with Crippen LogP contribution < -0.4 is 0 Å². The SMILES string of the molecule is CC(C)CN(Cc1ccc2c(c1)CCCCC2)C(=O)[C@H]1CN(Cc2ccccc2)CCO1. The molecule has 4 heteroatoms. The van der Waals surface area contributed by atoms with Crippen LogP contribution in [0.1, 0.15) is 55.4 Å². The summed E-state index contributed by atoms with van der Waals surface area (Å²) in [5, 5.41) is 0. The smallest absolute Gasteiger partial charge is 0.253 e. The van der Waals surface area contributed by atoms with Gasteiger partial charge in [-0.25, -0.2) is 0 Å². The predicted octanol–water partition coefficient (Wildman–Crippen LogP) is 4.84. The molecule has 0 unspecified atom stereocenters. The van der Waals surface area contributed by atoms with Crippen LogP contribution in [0.2, 0.25) is 0 Å². The molecule has 4 rings (SSSR count). The Kier molecular flexibility index (Phi) is 7.99. The number of hydrogen-bond donors (Lipinski definition) is 0. The summed E-state index contributed by atoms with van der Waals surface area (Å²) in [5.41, 5.74) is 5.52. The molecule has 1 aliphatic carbocycles. The molecule has 0 bridgehead atoms. The number of morpholine rings is 1. The van der Waals surface area contributed by atoms with E-state index in [2.05, 4.69) is 61.2 Å². The van der Waals surface area contributed by atoms with Crippen LogP contribution in [0.4, 0.5) is 0 Å². The van der Waals surface area contributed by atoms with Gasteiger partial charge in [0.25, 0.3) is 5.91 Å². The maximum Gasteiger partial charge on any atom is 0.253 e. The lowest BCUT2D eigenvalue weighted by Crippen LogP contribution is -2.51. The van der Waals surface area contributed by atoms with Crippen LogP contribution in [0.5, 0.6) is 0 Å². The summed E-state index contributed by atoms with van der Waals surface area (Å²) in [7, 11) is 0. The van der Waals surface area contributed by atoms with Gasteiger partial charge in [-0.05, 0) is 53.9 Å². The molecule has 0 aromatic heterocycles. The van der Waals surface area contributed by atoms with Crippen LogP contribution in [0.15, 0.2) is 48.5 Å². The van der Waals surface area contributed by atoms with Crippen molar-refractivity contribution in [2.75, 3.05) is 26.2 Å². The number of fused-ring (bicyclic) bond motifs is 1. The zero-order chi connectivity index (χ0) is 22.3. The minimum atomic E-state index is -0.382. The van der Waals surface area contributed by atoms with E-state index in [-0.39, 0.29) is 12.0 Å². The molecule has 0 N–H and O–H groups in total. The van der Waals surface area contributed by atoms with E-state index < -0.39 is 0 Å². The van der Waals surface area contributed by atoms with Gasteiger partial charge < -0.3 is 9.64 Å². The Morgan fingerprint density at radius 1 is 1.03 bits per heavy atom. The van der Waals surface area contributed by atoms with Crippen molar-refractivity contribution in [3.63, 3.8) is 0 Å². The molecule has 4 nitrogen and oxygen atoms in total. The summed E-state index contributed by atoms with van der Waals surface area (Å²) in [4.78, 5) is 17.9. The fraction of sp³-hybridized carbons (Fsp3) is 0.536. The van der Waals surface area contributed by atoms with Crippen molar-refractivity contribution in [2.24, 2.45) is 5.92 Å². The van der Waals surface area contributed by atoms with E-state index in [1.807, 2.05) is 11.0 Å². The molecule has 2 aliphatic rings. The lowest BCUT2D eigenvalue weighted by atomic mass is 9.99. The number of nitrogens with zero attached hydrogens (tertiary/aromatic N) is 2. The van der Waals surface area contributed by atoms with Crippen LogP contribution in [0, 0.1) is 5.92 Å². The van der Waals surface area contributed by atoms with Crippen molar-refractivity contribution in [1.29, 1.82) is 0 Å². The molecule has 0 radical (unpaired) electrons. The highest BCUT2D eigenvalue weighted by atomic mass is 16.5. The molecule has 32 heavy (non-hydrogen) atoms. The maximum absolute atomic E-state index is 13.6. The van der Waals surface area contributed by atoms with Gasteiger partial charge in [-0.2, -0.15) is 0 Å². The Hall–Kier alpha value is -2.17. The van der Waals surface area contributed by atoms with Gasteiger partial charge in [-0.15, -0.1) is 0 Å². The second-order valence-corrected chi connectivity index (χ2v) is 9.86. The molecule has 2 aromatic carbocycles. The van der Waals surface area contributed by atoms with Crippen LogP contribution in [-0.4, -0.2) is 48.1 Å². The van der Waals surface area contributed by atoms with Crippen molar-refractivity contribution >= 4 is 5.91 Å². The molecule has 0 saturated carbocycles. The summed E-state index contributed by atoms with van der Waals surface area (Å²) >= 11 is 0. The highest BCUT2D eigenvalue weighted by Crippen LogP contribution is 2.23. The molecule has 172 valence electrons. The fourth-order valence-corrected chi connectivity index (χ4v) is 5.00. The summed E-state index contributed by atoms with van der Waals surface area (Å²) in [6, 6.07) is 17.4. The normalized spacial score (nSPS) is 19.4. The Balaban J connectivity index is 1.44. The highest BCUT2D eigenvalue weighted by Gasteiger charge is 2.30. The lowest BCUT2D eigenvalue weighted by Gasteiger charge is -2.35. The first-order valence-corrected chi connectivity index (χ1v) is 12.4. The van der Waals surface area contributed by atoms with Crippen molar-refractivity contribution in [2.45, 2.75) is 65.1 Å². The summed E-state index contributed by atoms with van der Waals surface area (Å²) < 4.78 is 5.98. The van der Waals surface area contributed by atoms with Crippen LogP contribution in [0.3, 0.4) is 0 Å². The number of benzene rings is 2. The standard InChI is InChI=1S/C28H38N2O2/c1-22(2)18-30(20-24-13-14-25-11-7-4-8-12-26(25)17-24)28(31)27-21-29(15-16-32-27)19-23-9-5-3-6-10-23/h3,5-6,9-10,13-14,17,22,27H,4,7-8,11-12,15-16,18-21H2,1-2H3/t27-/m1/s1. The average molecular weight is 435 g/mol. The minimum Gasteiger partial charge on any atom is -0.366 e. The molecule has 2 aromatic rings. The Bertz CT molecular complexity index is 880. The van der Waals surface area contributed by atoms with Gasteiger partial charge in [-0.3, -0.25) is 9.69 Å². The van der Waals surface area contributed by atoms with Crippen LogP contribution >= 0.6 is 0 Å². The van der Waals surface area contributed by atoms with E-state index in [9.17, 15) is 4.79 Å². The molecule has 0 spiro atoms. The number of hydrogen-bond acceptors (Lipinski definition) is 3. The summed E-state index contributed by atoms with van der Waals surface area (Å²) in [6.07, 6.45) is 5.87. The van der Waals surface area contributed by atoms with E-state index in [1.54, 1.807) is 0 Å². The summed E-state index contributed by atoms with van der Waals surface area (Å²) in [6.45, 7) is 8.79. The minimum absolute atomic E-state index is 0.131. The van der Waals surface area contributed by atoms with Crippen LogP contribution in [-0.2, 0) is 35.5 Å². The fourth-order valence-electron chi connectivity index (χ4n) is 5.00. The Morgan fingerprint density at radius 3 is 2.59 bits per heavy atom. The molecule has 1 heterocycles. The number of ether oxygens (including phenoxy) is 1. The number of amides is 1. The number of carbonyl (C=O) groups is 1. The van der Waals surface area contributed by atoms with Gasteiger partial charge in [0.2, 0.25) is 0 Å². The maximum atomic E-state index is 13.6. The summed E-state index contributed by atoms with van der Waals surface area (Å²) in [5.74, 6) is 0.551. The van der Waals surface area contributed by atoms with Gasteiger partial charge in [0.1, 0.15) is 6.10 Å². The van der Waals surface area contributed by atoms with Crippen molar-refractivity contribution in [3.05, 3.63) is 70.8 Å². The molecular formula is C28H38N2O2. The largest absolute Gasteiger partial charge is 0.366 e. The van der Waals surface area contributed by atoms with Gasteiger partial charge in [-0.1, -0.05) is 68.8 Å². The third kappa shape index (κ3) is 6.20. The second-order valence-electron chi connectivity index (χ2n) is 9.86. The first kappa shape index (κ1) is 23.0. The van der Waals surface area contributed by atoms with Gasteiger partial charge >= 0.3 is 0 Å². The first-order chi connectivity index (χ1) is 15.6. The predicted molar refractivity (Wildman–Crippen MR) is 129 cm³/mol. The monoisotopic (exact) mass is 434 g/mol. The van der Waals surface area contributed by atoms with Gasteiger partial charge in [0.15, 0.2) is 0 Å². The third-order valence-electron chi connectivity index (χ3n) is 6.61. The Morgan fingerprint density at radius 2 is 1.81 bits per heavy atom. The molecule has 1 atom stereocenters. The topological polar surface area (TPSA) is 32.8 Å². The molecule has 1 fully saturated rings. The number of rotatable bonds is 7. The molecule has 1 saturated heterocycles. The second kappa shape index (κ2) is 11.1. The van der Waals surface area contributed by atoms with Crippen molar-refractivity contribution in [3.8, 4) is 0 Å². The molecule has 1 aliphatic heterocycles.